The van der Waals surface area contributed by atoms with Crippen LogP contribution >= 0.6 is 0 Å². The van der Waals surface area contributed by atoms with Crippen LogP contribution in [0.25, 0.3) is 0 Å². The maximum absolute atomic E-state index is 14.2. The Balaban J connectivity index is 0.951. The standard InChI is InChI=1S/C38H50N6O2/c1-26-22-31-29-9-8-27-23-28(45)10-12-37(27,2)30(29)11-13-38(31,3)35(26)32(46)25-41-18-20-43(21-19-41)34-24-33(42-14-4-5-15-42)39-36(40-34)44-16-6-7-17-44/h8-12,23-24,26,29,31,35H,4-7,13-22,25H2,1-3H3/t26?,29-,31+,35-,37+,38+/m1/s1. The predicted molar refractivity (Wildman–Crippen MR) is 183 cm³/mol. The lowest BCUT2D eigenvalue weighted by Crippen LogP contribution is -2.50. The molecule has 4 heterocycles. The molecule has 8 heteroatoms. The molecule has 0 amide bonds. The van der Waals surface area contributed by atoms with Gasteiger partial charge in [-0.1, -0.05) is 43.7 Å². The molecule has 1 aromatic rings. The van der Waals surface area contributed by atoms with Crippen LogP contribution in [0.4, 0.5) is 17.6 Å². The van der Waals surface area contributed by atoms with Crippen LogP contribution in [0, 0.1) is 34.5 Å². The number of allylic oxidation sites excluding steroid dienone is 8. The second-order valence-corrected chi connectivity index (χ2v) is 15.6. The van der Waals surface area contributed by atoms with Crippen molar-refractivity contribution < 1.29 is 9.59 Å². The quantitative estimate of drug-likeness (QED) is 0.400. The van der Waals surface area contributed by atoms with Crippen LogP contribution in [0.5, 0.6) is 0 Å². The summed E-state index contributed by atoms with van der Waals surface area (Å²) < 4.78 is 0. The fourth-order valence-electron chi connectivity index (χ4n) is 10.3. The van der Waals surface area contributed by atoms with Gasteiger partial charge < -0.3 is 14.7 Å². The largest absolute Gasteiger partial charge is 0.356 e. The third-order valence-electron chi connectivity index (χ3n) is 12.8. The van der Waals surface area contributed by atoms with E-state index in [1.54, 1.807) is 12.2 Å². The highest BCUT2D eigenvalue weighted by atomic mass is 16.1. The lowest BCUT2D eigenvalue weighted by atomic mass is 9.54. The first kappa shape index (κ1) is 30.1. The Morgan fingerprint density at radius 3 is 2.24 bits per heavy atom. The molecule has 8 rings (SSSR count). The Morgan fingerprint density at radius 1 is 0.891 bits per heavy atom. The SMILES string of the molecule is CC1C[C@H]2[C@@H]3C=CC4=CC(=O)C=C[C@]4(C)C3=CC[C@]2(C)[C@H]1C(=O)CN1CCN(c2cc(N3CCCC3)nc(N3CCCC3)n2)CC1. The Hall–Kier alpha value is -3.26. The van der Waals surface area contributed by atoms with Crippen molar-refractivity contribution in [3.8, 4) is 0 Å². The van der Waals surface area contributed by atoms with Crippen molar-refractivity contribution in [1.82, 2.24) is 14.9 Å². The van der Waals surface area contributed by atoms with Crippen LogP contribution in [-0.4, -0.2) is 85.3 Å². The summed E-state index contributed by atoms with van der Waals surface area (Å²) in [6.45, 7) is 15.3. The Bertz CT molecular complexity index is 1490. The Kier molecular flexibility index (Phi) is 7.50. The summed E-state index contributed by atoms with van der Waals surface area (Å²) >= 11 is 0. The van der Waals surface area contributed by atoms with Gasteiger partial charge in [0.25, 0.3) is 0 Å². The third-order valence-corrected chi connectivity index (χ3v) is 12.8. The van der Waals surface area contributed by atoms with E-state index >= 15 is 0 Å². The number of hydrogen-bond acceptors (Lipinski definition) is 8. The molecule has 0 N–H and O–H groups in total. The molecule has 46 heavy (non-hydrogen) atoms. The molecule has 0 spiro atoms. The van der Waals surface area contributed by atoms with Gasteiger partial charge in [-0.2, -0.15) is 9.97 Å². The minimum absolute atomic E-state index is 0.0402. The first-order chi connectivity index (χ1) is 22.2. The van der Waals surface area contributed by atoms with E-state index in [-0.39, 0.29) is 22.5 Å². The zero-order valence-corrected chi connectivity index (χ0v) is 28.0. The van der Waals surface area contributed by atoms with Gasteiger partial charge in [-0.15, -0.1) is 0 Å². The van der Waals surface area contributed by atoms with E-state index < -0.39 is 0 Å². The van der Waals surface area contributed by atoms with Crippen molar-refractivity contribution >= 4 is 29.2 Å². The number of Topliss-reactive ketones (excluding diaryl/α,β-unsaturated/α-hetero) is 1. The molecule has 0 bridgehead atoms. The average molecular weight is 623 g/mol. The number of nitrogens with zero attached hydrogens (tertiary/aromatic N) is 6. The maximum atomic E-state index is 14.2. The summed E-state index contributed by atoms with van der Waals surface area (Å²) in [6.07, 6.45) is 19.5. The van der Waals surface area contributed by atoms with Crippen LogP contribution in [0.1, 0.15) is 59.3 Å². The van der Waals surface area contributed by atoms with Crippen LogP contribution in [-0.2, 0) is 9.59 Å². The van der Waals surface area contributed by atoms with E-state index in [0.29, 0.717) is 30.1 Å². The number of hydrogen-bond donors (Lipinski definition) is 0. The lowest BCUT2D eigenvalue weighted by molar-refractivity contribution is -0.129. The molecule has 1 aromatic heterocycles. The number of rotatable bonds is 6. The third kappa shape index (κ3) is 4.97. The maximum Gasteiger partial charge on any atom is 0.229 e. The molecule has 6 atom stereocenters. The number of piperazine rings is 1. The summed E-state index contributed by atoms with van der Waals surface area (Å²) in [5.74, 6) is 4.72. The van der Waals surface area contributed by atoms with E-state index in [9.17, 15) is 9.59 Å². The van der Waals surface area contributed by atoms with Crippen molar-refractivity contribution in [2.45, 2.75) is 59.3 Å². The predicted octanol–water partition coefficient (Wildman–Crippen LogP) is 5.23. The molecule has 1 unspecified atom stereocenters. The molecular formula is C38H50N6O2. The monoisotopic (exact) mass is 622 g/mol. The molecule has 3 saturated heterocycles. The zero-order valence-electron chi connectivity index (χ0n) is 28.0. The summed E-state index contributed by atoms with van der Waals surface area (Å²) in [6, 6.07) is 2.21. The molecule has 4 fully saturated rings. The van der Waals surface area contributed by atoms with Gasteiger partial charge in [0.2, 0.25) is 5.95 Å². The first-order valence-electron chi connectivity index (χ1n) is 18.0. The highest BCUT2D eigenvalue weighted by molar-refractivity contribution is 6.02. The van der Waals surface area contributed by atoms with Crippen molar-refractivity contribution in [3.05, 3.63) is 53.7 Å². The summed E-state index contributed by atoms with van der Waals surface area (Å²) in [7, 11) is 0. The Morgan fingerprint density at radius 2 is 1.54 bits per heavy atom. The lowest BCUT2D eigenvalue weighted by Gasteiger charge is -2.50. The molecule has 0 aromatic carbocycles. The molecule has 244 valence electrons. The fourth-order valence-corrected chi connectivity index (χ4v) is 10.3. The van der Waals surface area contributed by atoms with E-state index in [1.165, 1.54) is 31.3 Å². The van der Waals surface area contributed by atoms with Gasteiger partial charge >= 0.3 is 0 Å². The van der Waals surface area contributed by atoms with Crippen LogP contribution < -0.4 is 14.7 Å². The van der Waals surface area contributed by atoms with Crippen molar-refractivity contribution in [2.24, 2.45) is 34.5 Å². The van der Waals surface area contributed by atoms with Gasteiger partial charge in [-0.3, -0.25) is 14.5 Å². The molecule has 8 nitrogen and oxygen atoms in total. The zero-order chi connectivity index (χ0) is 31.6. The van der Waals surface area contributed by atoms with Crippen LogP contribution in [0.15, 0.2) is 53.7 Å². The smallest absolute Gasteiger partial charge is 0.229 e. The van der Waals surface area contributed by atoms with E-state index in [2.05, 4.69) is 70.7 Å². The molecule has 1 saturated carbocycles. The van der Waals surface area contributed by atoms with Gasteiger partial charge in [-0.25, -0.2) is 0 Å². The second kappa shape index (κ2) is 11.5. The van der Waals surface area contributed by atoms with Gasteiger partial charge in [-0.05, 0) is 80.4 Å². The average Bonchev–Trinajstić information content (AvgIpc) is 3.83. The number of carbonyl (C=O) groups is 2. The molecule has 3 aliphatic heterocycles. The molecule has 0 radical (unpaired) electrons. The van der Waals surface area contributed by atoms with E-state index in [0.717, 1.165) is 88.4 Å². The molecule has 4 aliphatic carbocycles. The van der Waals surface area contributed by atoms with Crippen molar-refractivity contribution in [3.63, 3.8) is 0 Å². The number of carbonyl (C=O) groups excluding carboxylic acids is 2. The number of ketones is 2. The topological polar surface area (TPSA) is 72.9 Å². The number of aromatic nitrogens is 2. The number of fused-ring (bicyclic) bond motifs is 5. The highest BCUT2D eigenvalue weighted by Crippen LogP contribution is 2.63. The fraction of sp³-hybridized carbons (Fsp3) is 0.632. The van der Waals surface area contributed by atoms with Gasteiger partial charge in [0.15, 0.2) is 11.6 Å². The van der Waals surface area contributed by atoms with Gasteiger partial charge in [0, 0.05) is 75.7 Å². The molecule has 7 aliphatic rings. The van der Waals surface area contributed by atoms with E-state index in [4.69, 9.17) is 9.97 Å². The summed E-state index contributed by atoms with van der Waals surface area (Å²) in [4.78, 5) is 46.0. The van der Waals surface area contributed by atoms with Crippen LogP contribution in [0.3, 0.4) is 0 Å². The molecular weight excluding hydrogens is 572 g/mol. The summed E-state index contributed by atoms with van der Waals surface area (Å²) in [5, 5.41) is 0. The van der Waals surface area contributed by atoms with E-state index in [1.807, 2.05) is 0 Å². The minimum Gasteiger partial charge on any atom is -0.356 e. The Labute approximate surface area is 274 Å². The summed E-state index contributed by atoms with van der Waals surface area (Å²) in [5.41, 5.74) is 2.27. The van der Waals surface area contributed by atoms with Crippen molar-refractivity contribution in [2.75, 3.05) is 73.6 Å². The highest BCUT2D eigenvalue weighted by Gasteiger charge is 2.58. The second-order valence-electron chi connectivity index (χ2n) is 15.6. The number of anilines is 3. The van der Waals surface area contributed by atoms with Gasteiger partial charge in [0.05, 0.1) is 6.54 Å². The van der Waals surface area contributed by atoms with Gasteiger partial charge in [0.1, 0.15) is 11.6 Å². The van der Waals surface area contributed by atoms with Crippen LogP contribution in [0.2, 0.25) is 0 Å². The minimum atomic E-state index is -0.214. The van der Waals surface area contributed by atoms with Crippen molar-refractivity contribution in [1.29, 1.82) is 0 Å². The first-order valence-corrected chi connectivity index (χ1v) is 18.0. The normalized spacial score (nSPS) is 35.6.